The lowest BCUT2D eigenvalue weighted by Gasteiger charge is -2.07. The van der Waals surface area contributed by atoms with Gasteiger partial charge in [0.25, 0.3) is 5.91 Å². The summed E-state index contributed by atoms with van der Waals surface area (Å²) >= 11 is 5.80. The van der Waals surface area contributed by atoms with Crippen molar-refractivity contribution in [1.82, 2.24) is 4.98 Å². The van der Waals surface area contributed by atoms with E-state index in [-0.39, 0.29) is 11.0 Å². The molecule has 2 rings (SSSR count). The molecule has 0 saturated carbocycles. The third-order valence-electron chi connectivity index (χ3n) is 2.33. The van der Waals surface area contributed by atoms with Crippen LogP contribution < -0.4 is 16.5 Å². The Morgan fingerprint density at radius 1 is 1.33 bits per heavy atom. The number of rotatable bonds is 2. The van der Waals surface area contributed by atoms with E-state index in [0.29, 0.717) is 16.4 Å². The van der Waals surface area contributed by atoms with E-state index >= 15 is 0 Å². The Morgan fingerprint density at radius 3 is 2.83 bits per heavy atom. The first-order valence-corrected chi connectivity index (χ1v) is 5.49. The third-order valence-corrected chi connectivity index (χ3v) is 2.57. The molecule has 0 aliphatic rings. The Morgan fingerprint density at radius 2 is 2.11 bits per heavy atom. The molecule has 1 aromatic carbocycles. The van der Waals surface area contributed by atoms with Crippen molar-refractivity contribution in [2.45, 2.75) is 0 Å². The van der Waals surface area contributed by atoms with Gasteiger partial charge in [-0.3, -0.25) is 9.59 Å². The molecule has 0 bridgehead atoms. The Bertz CT molecular complexity index is 652. The van der Waals surface area contributed by atoms with Gasteiger partial charge in [-0.2, -0.15) is 0 Å². The first kappa shape index (κ1) is 12.2. The number of nitrogen functional groups attached to an aromatic ring is 1. The maximum Gasteiger partial charge on any atom is 0.261 e. The minimum absolute atomic E-state index is 0.0110. The highest BCUT2D eigenvalue weighted by molar-refractivity contribution is 6.31. The number of carbonyl (C=O) groups excluding carboxylic acids is 1. The van der Waals surface area contributed by atoms with Crippen molar-refractivity contribution in [2.75, 3.05) is 11.1 Å². The molecule has 0 aliphatic heterocycles. The van der Waals surface area contributed by atoms with Crippen LogP contribution in [0.2, 0.25) is 5.02 Å². The summed E-state index contributed by atoms with van der Waals surface area (Å²) in [6.07, 6.45) is 2.78. The van der Waals surface area contributed by atoms with E-state index in [1.807, 2.05) is 0 Å². The van der Waals surface area contributed by atoms with Gasteiger partial charge >= 0.3 is 0 Å². The minimum Gasteiger partial charge on any atom is -0.397 e. The number of halogens is 1. The first-order valence-electron chi connectivity index (χ1n) is 5.11. The number of pyridine rings is 1. The molecule has 4 N–H and O–H groups in total. The Labute approximate surface area is 108 Å². The number of anilines is 2. The van der Waals surface area contributed by atoms with Gasteiger partial charge in [0.15, 0.2) is 5.43 Å². The molecule has 92 valence electrons. The second-order valence-electron chi connectivity index (χ2n) is 3.61. The molecule has 18 heavy (non-hydrogen) atoms. The monoisotopic (exact) mass is 263 g/mol. The van der Waals surface area contributed by atoms with Gasteiger partial charge in [0.1, 0.15) is 5.56 Å². The number of hydrogen-bond acceptors (Lipinski definition) is 3. The lowest BCUT2D eigenvalue weighted by atomic mass is 10.2. The lowest BCUT2D eigenvalue weighted by molar-refractivity contribution is 0.102. The SMILES string of the molecule is Nc1ccc(Cl)cc1NC(=O)c1c[nH]ccc1=O. The van der Waals surface area contributed by atoms with Crippen molar-refractivity contribution < 1.29 is 4.79 Å². The molecule has 0 aliphatic carbocycles. The Balaban J connectivity index is 2.30. The van der Waals surface area contributed by atoms with Crippen LogP contribution in [0.1, 0.15) is 10.4 Å². The topological polar surface area (TPSA) is 88.0 Å². The van der Waals surface area contributed by atoms with Crippen molar-refractivity contribution >= 4 is 28.9 Å². The fourth-order valence-corrected chi connectivity index (χ4v) is 1.59. The van der Waals surface area contributed by atoms with E-state index in [1.54, 1.807) is 12.1 Å². The number of nitrogens with two attached hydrogens (primary N) is 1. The van der Waals surface area contributed by atoms with Crippen LogP contribution in [0.15, 0.2) is 41.5 Å². The van der Waals surface area contributed by atoms with Gasteiger partial charge in [-0.05, 0) is 18.2 Å². The standard InChI is InChI=1S/C12H10ClN3O2/c13-7-1-2-9(14)10(5-7)16-12(18)8-6-15-4-3-11(8)17/h1-6H,14H2,(H,15,17)(H,16,18). The van der Waals surface area contributed by atoms with Crippen molar-refractivity contribution in [3.8, 4) is 0 Å². The molecule has 0 saturated heterocycles. The molecule has 0 atom stereocenters. The lowest BCUT2D eigenvalue weighted by Crippen LogP contribution is -2.21. The zero-order valence-corrected chi connectivity index (χ0v) is 9.99. The van der Waals surface area contributed by atoms with Crippen LogP contribution in [-0.2, 0) is 0 Å². The molecule has 0 unspecified atom stereocenters. The zero-order chi connectivity index (χ0) is 13.1. The van der Waals surface area contributed by atoms with Gasteiger partial charge in [0, 0.05) is 23.5 Å². The van der Waals surface area contributed by atoms with Crippen LogP contribution in [0, 0.1) is 0 Å². The van der Waals surface area contributed by atoms with Gasteiger partial charge in [-0.1, -0.05) is 11.6 Å². The number of carbonyl (C=O) groups is 1. The fourth-order valence-electron chi connectivity index (χ4n) is 1.42. The van der Waals surface area contributed by atoms with Crippen LogP contribution in [0.3, 0.4) is 0 Å². The van der Waals surface area contributed by atoms with Gasteiger partial charge in [-0.15, -0.1) is 0 Å². The van der Waals surface area contributed by atoms with E-state index < -0.39 is 5.91 Å². The van der Waals surface area contributed by atoms with Crippen LogP contribution in [0.5, 0.6) is 0 Å². The van der Waals surface area contributed by atoms with Crippen LogP contribution in [-0.4, -0.2) is 10.9 Å². The maximum absolute atomic E-state index is 11.9. The van der Waals surface area contributed by atoms with E-state index in [0.717, 1.165) is 0 Å². The van der Waals surface area contributed by atoms with Crippen molar-refractivity contribution in [3.05, 3.63) is 57.5 Å². The number of amides is 1. The van der Waals surface area contributed by atoms with Crippen LogP contribution in [0.4, 0.5) is 11.4 Å². The highest BCUT2D eigenvalue weighted by atomic mass is 35.5. The van der Waals surface area contributed by atoms with Crippen molar-refractivity contribution in [1.29, 1.82) is 0 Å². The van der Waals surface area contributed by atoms with Gasteiger partial charge in [0.05, 0.1) is 11.4 Å². The van der Waals surface area contributed by atoms with Crippen LogP contribution in [0.25, 0.3) is 0 Å². The second kappa shape index (κ2) is 4.93. The van der Waals surface area contributed by atoms with Crippen molar-refractivity contribution in [3.63, 3.8) is 0 Å². The summed E-state index contributed by atoms with van der Waals surface area (Å²) < 4.78 is 0. The summed E-state index contributed by atoms with van der Waals surface area (Å²) in [6, 6.07) is 5.98. The predicted octanol–water partition coefficient (Wildman–Crippen LogP) is 1.86. The molecule has 5 nitrogen and oxygen atoms in total. The van der Waals surface area contributed by atoms with E-state index in [9.17, 15) is 9.59 Å². The Kier molecular flexibility index (Phi) is 3.34. The van der Waals surface area contributed by atoms with E-state index in [2.05, 4.69) is 10.3 Å². The first-order chi connectivity index (χ1) is 8.58. The minimum atomic E-state index is -0.536. The van der Waals surface area contributed by atoms with Crippen LogP contribution >= 0.6 is 11.6 Å². The molecule has 1 aromatic heterocycles. The summed E-state index contributed by atoms with van der Waals surface area (Å²) in [6.45, 7) is 0. The molecule has 1 heterocycles. The molecular weight excluding hydrogens is 254 g/mol. The molecule has 0 spiro atoms. The zero-order valence-electron chi connectivity index (χ0n) is 9.24. The number of hydrogen-bond donors (Lipinski definition) is 3. The third kappa shape index (κ3) is 2.52. The smallest absolute Gasteiger partial charge is 0.261 e. The molecule has 2 aromatic rings. The fraction of sp³-hybridized carbons (Fsp3) is 0. The number of aromatic amines is 1. The second-order valence-corrected chi connectivity index (χ2v) is 4.04. The van der Waals surface area contributed by atoms with Gasteiger partial charge in [0.2, 0.25) is 0 Å². The van der Waals surface area contributed by atoms with Gasteiger partial charge < -0.3 is 16.0 Å². The molecule has 6 heteroatoms. The normalized spacial score (nSPS) is 10.1. The summed E-state index contributed by atoms with van der Waals surface area (Å²) in [5.74, 6) is -0.536. The summed E-state index contributed by atoms with van der Waals surface area (Å²) in [5.41, 5.74) is 6.08. The highest BCUT2D eigenvalue weighted by Gasteiger charge is 2.11. The maximum atomic E-state index is 11.9. The predicted molar refractivity (Wildman–Crippen MR) is 70.9 cm³/mol. The van der Waals surface area contributed by atoms with Gasteiger partial charge in [-0.25, -0.2) is 0 Å². The highest BCUT2D eigenvalue weighted by Crippen LogP contribution is 2.23. The summed E-state index contributed by atoms with van der Waals surface area (Å²) in [4.78, 5) is 26.0. The van der Waals surface area contributed by atoms with E-state index in [1.165, 1.54) is 24.5 Å². The largest absolute Gasteiger partial charge is 0.397 e. The summed E-state index contributed by atoms with van der Waals surface area (Å²) in [7, 11) is 0. The number of aromatic nitrogens is 1. The average Bonchev–Trinajstić information content (AvgIpc) is 2.34. The Hall–Kier alpha value is -2.27. The number of benzene rings is 1. The average molecular weight is 264 g/mol. The number of H-pyrrole nitrogens is 1. The molecule has 0 radical (unpaired) electrons. The quantitative estimate of drug-likeness (QED) is 0.723. The molecule has 1 amide bonds. The van der Waals surface area contributed by atoms with Crippen molar-refractivity contribution in [2.24, 2.45) is 0 Å². The number of nitrogens with one attached hydrogen (secondary N) is 2. The van der Waals surface area contributed by atoms with E-state index in [4.69, 9.17) is 17.3 Å². The molecule has 0 fully saturated rings. The molecular formula is C12H10ClN3O2. The summed E-state index contributed by atoms with van der Waals surface area (Å²) in [5, 5.41) is 2.99.